The summed E-state index contributed by atoms with van der Waals surface area (Å²) in [6.07, 6.45) is 1.09. The third kappa shape index (κ3) is 3.03. The van der Waals surface area contributed by atoms with Gasteiger partial charge < -0.3 is 9.80 Å². The van der Waals surface area contributed by atoms with Crippen LogP contribution in [0.2, 0.25) is 0 Å². The molecule has 1 amide bonds. The highest BCUT2D eigenvalue weighted by Gasteiger charge is 2.29. The number of carbonyl (C=O) groups is 1. The van der Waals surface area contributed by atoms with E-state index in [0.29, 0.717) is 12.5 Å². The molecule has 0 bridgehead atoms. The molecule has 0 saturated carbocycles. The van der Waals surface area contributed by atoms with Gasteiger partial charge >= 0.3 is 0 Å². The van der Waals surface area contributed by atoms with Crippen molar-refractivity contribution >= 4 is 17.3 Å². The summed E-state index contributed by atoms with van der Waals surface area (Å²) >= 11 is 0. The molecule has 3 heteroatoms. The second-order valence-electron chi connectivity index (χ2n) is 6.90. The molecule has 1 heterocycles. The zero-order chi connectivity index (χ0) is 17.3. The Morgan fingerprint density at radius 1 is 1.12 bits per heavy atom. The Labute approximate surface area is 144 Å². The first-order chi connectivity index (χ1) is 11.5. The highest BCUT2D eigenvalue weighted by Crippen LogP contribution is 2.31. The van der Waals surface area contributed by atoms with E-state index in [0.717, 1.165) is 35.5 Å². The van der Waals surface area contributed by atoms with Crippen LogP contribution in [0.1, 0.15) is 54.6 Å². The highest BCUT2D eigenvalue weighted by atomic mass is 16.2. The van der Waals surface area contributed by atoms with Crippen molar-refractivity contribution < 1.29 is 4.79 Å². The van der Waals surface area contributed by atoms with E-state index in [4.69, 9.17) is 0 Å². The van der Waals surface area contributed by atoms with Gasteiger partial charge in [-0.2, -0.15) is 0 Å². The van der Waals surface area contributed by atoms with Gasteiger partial charge in [0.2, 0.25) is 0 Å². The molecular formula is C21H26N2O. The number of hydrogen-bond donors (Lipinski definition) is 0. The average Bonchev–Trinajstić information content (AvgIpc) is 2.91. The van der Waals surface area contributed by atoms with Crippen LogP contribution in [0.3, 0.4) is 0 Å². The van der Waals surface area contributed by atoms with Crippen LogP contribution in [0.25, 0.3) is 0 Å². The third-order valence-electron chi connectivity index (χ3n) is 4.77. The fourth-order valence-electron chi connectivity index (χ4n) is 3.24. The van der Waals surface area contributed by atoms with E-state index >= 15 is 0 Å². The van der Waals surface area contributed by atoms with Crippen molar-refractivity contribution in [2.75, 3.05) is 23.4 Å². The zero-order valence-electron chi connectivity index (χ0n) is 15.0. The predicted octanol–water partition coefficient (Wildman–Crippen LogP) is 4.82. The summed E-state index contributed by atoms with van der Waals surface area (Å²) in [5.74, 6) is 0.608. The fraction of sp³-hybridized carbons (Fsp3) is 0.381. The van der Waals surface area contributed by atoms with Crippen molar-refractivity contribution in [2.24, 2.45) is 0 Å². The monoisotopic (exact) mass is 322 g/mol. The Kier molecular flexibility index (Phi) is 4.61. The quantitative estimate of drug-likeness (QED) is 0.788. The van der Waals surface area contributed by atoms with Crippen LogP contribution in [-0.2, 0) is 6.54 Å². The highest BCUT2D eigenvalue weighted by molar-refractivity contribution is 6.10. The Bertz CT molecular complexity index is 734. The molecule has 0 aromatic heterocycles. The van der Waals surface area contributed by atoms with Crippen LogP contribution in [0.4, 0.5) is 11.4 Å². The molecule has 0 atom stereocenters. The number of nitrogens with zero attached hydrogens (tertiary/aromatic N) is 2. The standard InChI is InChI=1S/C21H26N2O/c1-5-12-22(4)19-11-8-17-14-23(21(24)20(17)13-19)18-9-6-16(7-10-18)15(2)3/h6-11,13,15H,5,12,14H2,1-4H3. The molecule has 0 N–H and O–H groups in total. The molecule has 3 nitrogen and oxygen atoms in total. The maximum Gasteiger partial charge on any atom is 0.259 e. The number of anilines is 2. The van der Waals surface area contributed by atoms with Crippen LogP contribution in [-0.4, -0.2) is 19.5 Å². The van der Waals surface area contributed by atoms with E-state index in [1.165, 1.54) is 5.56 Å². The van der Waals surface area contributed by atoms with Crippen LogP contribution >= 0.6 is 0 Å². The Morgan fingerprint density at radius 3 is 2.46 bits per heavy atom. The molecule has 1 aliphatic heterocycles. The van der Waals surface area contributed by atoms with E-state index in [1.54, 1.807) is 0 Å². The summed E-state index contributed by atoms with van der Waals surface area (Å²) in [6, 6.07) is 14.6. The molecule has 0 spiro atoms. The second-order valence-corrected chi connectivity index (χ2v) is 6.90. The van der Waals surface area contributed by atoms with Gasteiger partial charge in [-0.15, -0.1) is 0 Å². The topological polar surface area (TPSA) is 23.6 Å². The molecule has 0 radical (unpaired) electrons. The average molecular weight is 322 g/mol. The SMILES string of the molecule is CCCN(C)c1ccc2c(c1)C(=O)N(c1ccc(C(C)C)cc1)C2. The first-order valence-electron chi connectivity index (χ1n) is 8.77. The number of carbonyl (C=O) groups excluding carboxylic acids is 1. The lowest BCUT2D eigenvalue weighted by Crippen LogP contribution is -2.23. The van der Waals surface area contributed by atoms with Crippen molar-refractivity contribution in [3.05, 3.63) is 59.2 Å². The van der Waals surface area contributed by atoms with Crippen molar-refractivity contribution in [1.29, 1.82) is 0 Å². The molecule has 2 aromatic carbocycles. The third-order valence-corrected chi connectivity index (χ3v) is 4.77. The summed E-state index contributed by atoms with van der Waals surface area (Å²) < 4.78 is 0. The molecular weight excluding hydrogens is 296 g/mol. The van der Waals surface area contributed by atoms with E-state index in [9.17, 15) is 4.79 Å². The van der Waals surface area contributed by atoms with Gasteiger partial charge in [-0.3, -0.25) is 4.79 Å². The minimum atomic E-state index is 0.106. The van der Waals surface area contributed by atoms with Crippen LogP contribution in [0, 0.1) is 0 Å². The van der Waals surface area contributed by atoms with Crippen LogP contribution in [0.15, 0.2) is 42.5 Å². The molecule has 0 fully saturated rings. The molecule has 2 aromatic rings. The van der Waals surface area contributed by atoms with Crippen LogP contribution in [0.5, 0.6) is 0 Å². The summed E-state index contributed by atoms with van der Waals surface area (Å²) in [7, 11) is 2.08. The summed E-state index contributed by atoms with van der Waals surface area (Å²) in [5.41, 5.74) is 5.33. The number of hydrogen-bond acceptors (Lipinski definition) is 2. The largest absolute Gasteiger partial charge is 0.375 e. The van der Waals surface area contributed by atoms with Gasteiger partial charge in [0, 0.05) is 30.5 Å². The lowest BCUT2D eigenvalue weighted by Gasteiger charge is -2.18. The minimum absolute atomic E-state index is 0.106. The molecule has 3 rings (SSSR count). The van der Waals surface area contributed by atoms with Gasteiger partial charge in [0.05, 0.1) is 6.54 Å². The number of benzene rings is 2. The van der Waals surface area contributed by atoms with Crippen molar-refractivity contribution in [2.45, 2.75) is 39.7 Å². The van der Waals surface area contributed by atoms with Gasteiger partial charge in [-0.25, -0.2) is 0 Å². The normalized spacial score (nSPS) is 13.5. The maximum atomic E-state index is 12.9. The van der Waals surface area contributed by atoms with Gasteiger partial charge in [-0.1, -0.05) is 39.0 Å². The lowest BCUT2D eigenvalue weighted by molar-refractivity contribution is 0.0996. The smallest absolute Gasteiger partial charge is 0.259 e. The molecule has 0 saturated heterocycles. The van der Waals surface area contributed by atoms with E-state index in [-0.39, 0.29) is 5.91 Å². The first-order valence-corrected chi connectivity index (χ1v) is 8.77. The summed E-state index contributed by atoms with van der Waals surface area (Å²) in [4.78, 5) is 16.9. The first kappa shape index (κ1) is 16.6. The second kappa shape index (κ2) is 6.68. The van der Waals surface area contributed by atoms with Gasteiger partial charge in [0.1, 0.15) is 0 Å². The Morgan fingerprint density at radius 2 is 1.83 bits per heavy atom. The fourth-order valence-corrected chi connectivity index (χ4v) is 3.24. The van der Waals surface area contributed by atoms with E-state index in [1.807, 2.05) is 11.0 Å². The molecule has 126 valence electrons. The molecule has 24 heavy (non-hydrogen) atoms. The maximum absolute atomic E-state index is 12.9. The predicted molar refractivity (Wildman–Crippen MR) is 101 cm³/mol. The minimum Gasteiger partial charge on any atom is -0.375 e. The summed E-state index contributed by atoms with van der Waals surface area (Å²) in [6.45, 7) is 8.18. The van der Waals surface area contributed by atoms with Crippen molar-refractivity contribution in [1.82, 2.24) is 0 Å². The summed E-state index contributed by atoms with van der Waals surface area (Å²) in [5, 5.41) is 0. The molecule has 1 aliphatic rings. The number of fused-ring (bicyclic) bond motifs is 1. The van der Waals surface area contributed by atoms with Crippen molar-refractivity contribution in [3.8, 4) is 0 Å². The van der Waals surface area contributed by atoms with Gasteiger partial charge in [-0.05, 0) is 47.7 Å². The zero-order valence-corrected chi connectivity index (χ0v) is 15.0. The molecule has 0 aliphatic carbocycles. The van der Waals surface area contributed by atoms with Gasteiger partial charge in [0.15, 0.2) is 0 Å². The number of amides is 1. The lowest BCUT2D eigenvalue weighted by atomic mass is 10.0. The van der Waals surface area contributed by atoms with Gasteiger partial charge in [0.25, 0.3) is 5.91 Å². The van der Waals surface area contributed by atoms with E-state index in [2.05, 4.69) is 69.1 Å². The van der Waals surface area contributed by atoms with E-state index < -0.39 is 0 Å². The van der Waals surface area contributed by atoms with Crippen molar-refractivity contribution in [3.63, 3.8) is 0 Å². The van der Waals surface area contributed by atoms with Crippen LogP contribution < -0.4 is 9.80 Å². The number of rotatable bonds is 5. The Balaban J connectivity index is 1.85. The molecule has 0 unspecified atom stereocenters. The Hall–Kier alpha value is -2.29.